The van der Waals surface area contributed by atoms with Crippen molar-refractivity contribution in [2.45, 2.75) is 18.8 Å². The number of aromatic nitrogens is 4. The van der Waals surface area contributed by atoms with Crippen molar-refractivity contribution in [2.75, 3.05) is 20.2 Å². The lowest BCUT2D eigenvalue weighted by Gasteiger charge is -2.32. The Morgan fingerprint density at radius 1 is 1.25 bits per heavy atom. The molecule has 144 valence electrons. The minimum Gasteiger partial charge on any atom is -0.481 e. The van der Waals surface area contributed by atoms with Crippen molar-refractivity contribution in [1.82, 2.24) is 24.6 Å². The average molecular weight is 379 g/mol. The topological polar surface area (TPSA) is 93.1 Å². The van der Waals surface area contributed by atoms with Crippen LogP contribution in [0.5, 0.6) is 5.88 Å². The van der Waals surface area contributed by atoms with Gasteiger partial charge in [0.05, 0.1) is 12.8 Å². The van der Waals surface area contributed by atoms with Crippen LogP contribution in [0.4, 0.5) is 0 Å². The number of ether oxygens (including phenoxy) is 1. The molecule has 1 N–H and O–H groups in total. The second kappa shape index (κ2) is 7.67. The molecule has 28 heavy (non-hydrogen) atoms. The Hall–Kier alpha value is -3.42. The van der Waals surface area contributed by atoms with E-state index in [0.717, 1.165) is 18.5 Å². The molecule has 4 rings (SSSR count). The van der Waals surface area contributed by atoms with E-state index in [1.165, 1.54) is 7.11 Å². The van der Waals surface area contributed by atoms with Crippen LogP contribution in [0.25, 0.3) is 5.69 Å². The van der Waals surface area contributed by atoms with Gasteiger partial charge in [0.15, 0.2) is 0 Å². The minimum absolute atomic E-state index is 0.0272. The van der Waals surface area contributed by atoms with Crippen molar-refractivity contribution in [2.24, 2.45) is 0 Å². The Morgan fingerprint density at radius 3 is 2.86 bits per heavy atom. The van der Waals surface area contributed by atoms with Gasteiger partial charge in [-0.25, -0.2) is 19.4 Å². The molecule has 8 heteroatoms. The number of para-hydroxylation sites is 1. The molecule has 0 unspecified atom stereocenters. The van der Waals surface area contributed by atoms with Crippen LogP contribution in [-0.2, 0) is 0 Å². The molecule has 1 aromatic carbocycles. The Balaban J connectivity index is 1.60. The zero-order valence-electron chi connectivity index (χ0n) is 15.5. The number of nitrogens with zero attached hydrogens (tertiary/aromatic N) is 4. The van der Waals surface area contributed by atoms with Gasteiger partial charge in [0, 0.05) is 36.8 Å². The van der Waals surface area contributed by atoms with Gasteiger partial charge < -0.3 is 9.64 Å². The Labute approximate surface area is 161 Å². The third kappa shape index (κ3) is 3.40. The largest absolute Gasteiger partial charge is 0.481 e. The first-order valence-corrected chi connectivity index (χ1v) is 9.19. The van der Waals surface area contributed by atoms with Crippen LogP contribution in [0.1, 0.15) is 34.9 Å². The summed E-state index contributed by atoms with van der Waals surface area (Å²) in [6.45, 7) is 1.17. The molecular formula is C20H21N5O3. The van der Waals surface area contributed by atoms with E-state index in [4.69, 9.17) is 4.74 Å². The molecular weight excluding hydrogens is 358 g/mol. The number of hydrogen-bond donors (Lipinski definition) is 1. The Kier molecular flexibility index (Phi) is 4.92. The number of pyridine rings is 1. The molecule has 1 atom stereocenters. The summed E-state index contributed by atoms with van der Waals surface area (Å²) in [7, 11) is 1.52. The molecule has 1 aliphatic heterocycles. The number of amides is 1. The number of nitrogens with one attached hydrogen (secondary N) is 1. The molecule has 1 aliphatic rings. The molecule has 0 bridgehead atoms. The lowest BCUT2D eigenvalue weighted by Crippen LogP contribution is -2.40. The van der Waals surface area contributed by atoms with E-state index in [1.54, 1.807) is 27.8 Å². The fourth-order valence-corrected chi connectivity index (χ4v) is 3.62. The molecule has 1 amide bonds. The minimum atomic E-state index is -0.275. The van der Waals surface area contributed by atoms with E-state index >= 15 is 0 Å². The monoisotopic (exact) mass is 379 g/mol. The second-order valence-corrected chi connectivity index (χ2v) is 6.74. The van der Waals surface area contributed by atoms with E-state index in [9.17, 15) is 9.59 Å². The number of rotatable bonds is 4. The maximum absolute atomic E-state index is 13.0. The van der Waals surface area contributed by atoms with Crippen molar-refractivity contribution in [1.29, 1.82) is 0 Å². The lowest BCUT2D eigenvalue weighted by atomic mass is 9.96. The van der Waals surface area contributed by atoms with Gasteiger partial charge in [0.1, 0.15) is 5.82 Å². The van der Waals surface area contributed by atoms with Crippen molar-refractivity contribution in [3.63, 3.8) is 0 Å². The molecule has 0 radical (unpaired) electrons. The van der Waals surface area contributed by atoms with E-state index in [-0.39, 0.29) is 17.5 Å². The predicted molar refractivity (Wildman–Crippen MR) is 103 cm³/mol. The highest BCUT2D eigenvalue weighted by atomic mass is 16.5. The number of aromatic amines is 1. The van der Waals surface area contributed by atoms with E-state index < -0.39 is 0 Å². The van der Waals surface area contributed by atoms with Crippen molar-refractivity contribution in [3.05, 3.63) is 70.5 Å². The van der Waals surface area contributed by atoms with Gasteiger partial charge in [-0.2, -0.15) is 5.10 Å². The summed E-state index contributed by atoms with van der Waals surface area (Å²) in [5.74, 6) is 0.959. The quantitative estimate of drug-likeness (QED) is 0.748. The van der Waals surface area contributed by atoms with Crippen molar-refractivity contribution >= 4 is 5.91 Å². The zero-order valence-corrected chi connectivity index (χ0v) is 15.5. The van der Waals surface area contributed by atoms with Crippen LogP contribution in [0.3, 0.4) is 0 Å². The highest BCUT2D eigenvalue weighted by Crippen LogP contribution is 2.27. The smallest absolute Gasteiger partial charge is 0.347 e. The summed E-state index contributed by atoms with van der Waals surface area (Å²) in [6, 6.07) is 12.7. The lowest BCUT2D eigenvalue weighted by molar-refractivity contribution is 0.0703. The number of likely N-dealkylation sites (tertiary alicyclic amines) is 1. The van der Waals surface area contributed by atoms with Crippen LogP contribution < -0.4 is 10.4 Å². The molecule has 8 nitrogen and oxygen atoms in total. The molecule has 0 spiro atoms. The van der Waals surface area contributed by atoms with Gasteiger partial charge in [-0.3, -0.25) is 4.79 Å². The van der Waals surface area contributed by atoms with Crippen molar-refractivity contribution in [3.8, 4) is 11.6 Å². The van der Waals surface area contributed by atoms with E-state index in [1.807, 2.05) is 30.3 Å². The van der Waals surface area contributed by atoms with Crippen LogP contribution in [0, 0.1) is 0 Å². The van der Waals surface area contributed by atoms with Gasteiger partial charge in [0.2, 0.25) is 5.88 Å². The summed E-state index contributed by atoms with van der Waals surface area (Å²) in [5, 5.41) is 6.82. The van der Waals surface area contributed by atoms with Crippen molar-refractivity contribution < 1.29 is 9.53 Å². The van der Waals surface area contributed by atoms with Gasteiger partial charge in [-0.05, 0) is 31.0 Å². The molecule has 0 saturated carbocycles. The van der Waals surface area contributed by atoms with Crippen LogP contribution in [-0.4, -0.2) is 50.8 Å². The highest BCUT2D eigenvalue weighted by molar-refractivity contribution is 5.94. The fourth-order valence-electron chi connectivity index (χ4n) is 3.62. The first kappa shape index (κ1) is 18.0. The number of H-pyrrole nitrogens is 1. The number of benzene rings is 1. The number of hydrogen-bond acceptors (Lipinski definition) is 5. The third-order valence-electron chi connectivity index (χ3n) is 4.98. The van der Waals surface area contributed by atoms with Gasteiger partial charge >= 0.3 is 5.69 Å². The summed E-state index contributed by atoms with van der Waals surface area (Å²) < 4.78 is 6.71. The first-order valence-electron chi connectivity index (χ1n) is 9.19. The molecule has 1 fully saturated rings. The van der Waals surface area contributed by atoms with Gasteiger partial charge in [-0.1, -0.05) is 18.2 Å². The fraction of sp³-hybridized carbons (Fsp3) is 0.300. The molecule has 2 aromatic heterocycles. The SMILES string of the molecule is COc1cc(C(=O)N2CCC[C@@H](c3n[nH]c(=O)n3-c3ccccc3)C2)ccn1. The Bertz CT molecular complexity index is 1030. The maximum atomic E-state index is 13.0. The van der Waals surface area contributed by atoms with Gasteiger partial charge in [-0.15, -0.1) is 0 Å². The molecule has 3 aromatic rings. The number of carbonyl (C=O) groups is 1. The summed E-state index contributed by atoms with van der Waals surface area (Å²) >= 11 is 0. The maximum Gasteiger partial charge on any atom is 0.347 e. The normalized spacial score (nSPS) is 16.8. The molecule has 3 heterocycles. The van der Waals surface area contributed by atoms with Crippen LogP contribution in [0.2, 0.25) is 0 Å². The highest BCUT2D eigenvalue weighted by Gasteiger charge is 2.29. The number of piperidine rings is 1. The molecule has 1 saturated heterocycles. The standard InChI is InChI=1S/C20H21N5O3/c1-28-17-12-14(9-10-21-17)19(26)24-11-5-6-15(13-24)18-22-23-20(27)25(18)16-7-3-2-4-8-16/h2-4,7-10,12,15H,5-6,11,13H2,1H3,(H,23,27)/t15-/m1/s1. The predicted octanol–water partition coefficient (Wildman–Crippen LogP) is 1.98. The first-order chi connectivity index (χ1) is 13.7. The number of methoxy groups -OCH3 is 1. The van der Waals surface area contributed by atoms with Crippen LogP contribution >= 0.6 is 0 Å². The third-order valence-corrected chi connectivity index (χ3v) is 4.98. The second-order valence-electron chi connectivity index (χ2n) is 6.74. The molecule has 0 aliphatic carbocycles. The van der Waals surface area contributed by atoms with E-state index in [0.29, 0.717) is 30.4 Å². The summed E-state index contributed by atoms with van der Waals surface area (Å²) in [6.07, 6.45) is 3.27. The number of carbonyl (C=O) groups excluding carboxylic acids is 1. The summed E-state index contributed by atoms with van der Waals surface area (Å²) in [4.78, 5) is 31.1. The van der Waals surface area contributed by atoms with E-state index in [2.05, 4.69) is 15.2 Å². The van der Waals surface area contributed by atoms with Gasteiger partial charge in [0.25, 0.3) is 5.91 Å². The Morgan fingerprint density at radius 2 is 2.07 bits per heavy atom. The zero-order chi connectivity index (χ0) is 19.5. The average Bonchev–Trinajstić information content (AvgIpc) is 3.15. The van der Waals surface area contributed by atoms with Crippen LogP contribution in [0.15, 0.2) is 53.5 Å². The summed E-state index contributed by atoms with van der Waals surface area (Å²) in [5.41, 5.74) is 1.03.